The summed E-state index contributed by atoms with van der Waals surface area (Å²) < 4.78 is 28.7. The number of aryl methyl sites for hydroxylation is 1. The van der Waals surface area contributed by atoms with E-state index in [9.17, 15) is 13.9 Å². The number of benzene rings is 2. The van der Waals surface area contributed by atoms with Gasteiger partial charge in [-0.25, -0.2) is 8.78 Å². The summed E-state index contributed by atoms with van der Waals surface area (Å²) in [6, 6.07) is 5.21. The number of hydrogen-bond acceptors (Lipinski definition) is 1. The molecule has 20 heavy (non-hydrogen) atoms. The highest BCUT2D eigenvalue weighted by Gasteiger charge is 2.20. The molecule has 1 nitrogen and oxygen atoms in total. The Labute approximate surface area is 136 Å². The van der Waals surface area contributed by atoms with Gasteiger partial charge >= 0.3 is 0 Å². The molecule has 1 N–H and O–H groups in total. The zero-order valence-corrected chi connectivity index (χ0v) is 14.2. The van der Waals surface area contributed by atoms with Gasteiger partial charge in [0.1, 0.15) is 17.7 Å². The van der Waals surface area contributed by atoms with Crippen molar-refractivity contribution in [2.24, 2.45) is 0 Å². The van der Waals surface area contributed by atoms with Gasteiger partial charge in [0.15, 0.2) is 0 Å². The van der Waals surface area contributed by atoms with Crippen molar-refractivity contribution in [3.05, 3.63) is 66.6 Å². The Balaban J connectivity index is 2.54. The van der Waals surface area contributed by atoms with Gasteiger partial charge in [-0.15, -0.1) is 0 Å². The Morgan fingerprint density at radius 3 is 2.30 bits per heavy atom. The van der Waals surface area contributed by atoms with E-state index in [1.54, 1.807) is 12.1 Å². The molecule has 0 amide bonds. The van der Waals surface area contributed by atoms with E-state index in [4.69, 9.17) is 11.6 Å². The third-order valence-corrected chi connectivity index (χ3v) is 4.74. The summed E-state index contributed by atoms with van der Waals surface area (Å²) in [5.74, 6) is -1.53. The maximum absolute atomic E-state index is 13.8. The van der Waals surface area contributed by atoms with Gasteiger partial charge in [0, 0.05) is 20.1 Å². The Kier molecular flexibility index (Phi) is 4.84. The second kappa shape index (κ2) is 6.10. The number of halogens is 5. The molecule has 0 heterocycles. The van der Waals surface area contributed by atoms with Crippen LogP contribution in [0.1, 0.15) is 22.8 Å². The molecule has 6 heteroatoms. The van der Waals surface area contributed by atoms with Crippen molar-refractivity contribution >= 4 is 43.5 Å². The number of aliphatic hydroxyl groups is 1. The van der Waals surface area contributed by atoms with E-state index in [0.717, 1.165) is 22.2 Å². The van der Waals surface area contributed by atoms with Crippen molar-refractivity contribution in [3.8, 4) is 0 Å². The first-order valence-corrected chi connectivity index (χ1v) is 7.55. The largest absolute Gasteiger partial charge is 0.384 e. The van der Waals surface area contributed by atoms with Gasteiger partial charge < -0.3 is 5.11 Å². The van der Waals surface area contributed by atoms with Gasteiger partial charge in [0.25, 0.3) is 0 Å². The van der Waals surface area contributed by atoms with Gasteiger partial charge in [-0.05, 0) is 36.8 Å². The van der Waals surface area contributed by atoms with Crippen molar-refractivity contribution in [1.29, 1.82) is 0 Å². The number of aliphatic hydroxyl groups excluding tert-OH is 1. The second-order valence-corrected chi connectivity index (χ2v) is 6.43. The van der Waals surface area contributed by atoms with Crippen LogP contribution in [-0.4, -0.2) is 5.11 Å². The molecule has 0 bridgehead atoms. The van der Waals surface area contributed by atoms with Crippen LogP contribution in [0.5, 0.6) is 0 Å². The van der Waals surface area contributed by atoms with Gasteiger partial charge in [0.05, 0.1) is 5.02 Å². The molecule has 0 fully saturated rings. The molecule has 0 aromatic heterocycles. The van der Waals surface area contributed by atoms with Crippen LogP contribution >= 0.6 is 43.5 Å². The number of hydrogen-bond donors (Lipinski definition) is 1. The summed E-state index contributed by atoms with van der Waals surface area (Å²) in [6.45, 7) is 1.88. The lowest BCUT2D eigenvalue weighted by Gasteiger charge is -2.16. The van der Waals surface area contributed by atoms with Crippen LogP contribution in [0.25, 0.3) is 0 Å². The monoisotopic (exact) mass is 424 g/mol. The zero-order chi connectivity index (χ0) is 15.0. The van der Waals surface area contributed by atoms with Crippen molar-refractivity contribution < 1.29 is 13.9 Å². The fourth-order valence-corrected chi connectivity index (χ4v) is 2.97. The van der Waals surface area contributed by atoms with E-state index < -0.39 is 17.7 Å². The Morgan fingerprint density at radius 1 is 1.00 bits per heavy atom. The first-order valence-electron chi connectivity index (χ1n) is 5.59. The molecule has 0 aliphatic carbocycles. The normalized spacial score (nSPS) is 12.6. The standard InChI is InChI=1S/C14H9Br2ClF2O/c1-6-2-10(16)7(3-9(6)15)14(20)8-4-13(19)11(17)5-12(8)18/h2-5,14,20H,1H3. The third kappa shape index (κ3) is 3.06. The number of rotatable bonds is 2. The molecule has 1 unspecified atom stereocenters. The summed E-state index contributed by atoms with van der Waals surface area (Å²) in [7, 11) is 0. The minimum absolute atomic E-state index is 0.164. The first kappa shape index (κ1) is 15.9. The molecule has 2 rings (SSSR count). The van der Waals surface area contributed by atoms with E-state index in [2.05, 4.69) is 31.9 Å². The first-order chi connectivity index (χ1) is 9.31. The second-order valence-electron chi connectivity index (χ2n) is 4.31. The van der Waals surface area contributed by atoms with Crippen molar-refractivity contribution in [1.82, 2.24) is 0 Å². The van der Waals surface area contributed by atoms with Crippen LogP contribution in [0, 0.1) is 18.6 Å². The summed E-state index contributed by atoms with van der Waals surface area (Å²) in [5.41, 5.74) is 1.22. The lowest BCUT2D eigenvalue weighted by atomic mass is 10.00. The fraction of sp³-hybridized carbons (Fsp3) is 0.143. The molecule has 1 atom stereocenters. The van der Waals surface area contributed by atoms with Crippen LogP contribution in [0.15, 0.2) is 33.2 Å². The fourth-order valence-electron chi connectivity index (χ4n) is 1.79. The highest BCUT2D eigenvalue weighted by Crippen LogP contribution is 2.35. The Hall–Kier alpha value is -0.490. The lowest BCUT2D eigenvalue weighted by Crippen LogP contribution is -2.05. The highest BCUT2D eigenvalue weighted by molar-refractivity contribution is 9.11. The molecule has 0 saturated carbocycles. The molecule has 0 aliphatic heterocycles. The topological polar surface area (TPSA) is 20.2 Å². The van der Waals surface area contributed by atoms with Crippen molar-refractivity contribution in [2.75, 3.05) is 0 Å². The van der Waals surface area contributed by atoms with Crippen molar-refractivity contribution in [2.45, 2.75) is 13.0 Å². The minimum atomic E-state index is -1.30. The Morgan fingerprint density at radius 2 is 1.65 bits per heavy atom. The van der Waals surface area contributed by atoms with E-state index in [1.165, 1.54) is 0 Å². The van der Waals surface area contributed by atoms with Crippen LogP contribution in [0.4, 0.5) is 8.78 Å². The maximum Gasteiger partial charge on any atom is 0.142 e. The van der Waals surface area contributed by atoms with Crippen LogP contribution in [0.3, 0.4) is 0 Å². The molecule has 0 aliphatic rings. The van der Waals surface area contributed by atoms with E-state index in [0.29, 0.717) is 10.0 Å². The summed E-state index contributed by atoms with van der Waals surface area (Å²) in [4.78, 5) is 0. The molecule has 2 aromatic carbocycles. The van der Waals surface area contributed by atoms with Crippen LogP contribution in [0.2, 0.25) is 5.02 Å². The molecule has 0 radical (unpaired) electrons. The quantitative estimate of drug-likeness (QED) is 0.626. The summed E-state index contributed by atoms with van der Waals surface area (Å²) in [6.07, 6.45) is -1.30. The SMILES string of the molecule is Cc1cc(Br)c(C(O)c2cc(F)c(Cl)cc2F)cc1Br. The summed E-state index contributed by atoms with van der Waals surface area (Å²) in [5, 5.41) is 9.97. The lowest BCUT2D eigenvalue weighted by molar-refractivity contribution is 0.213. The van der Waals surface area contributed by atoms with E-state index in [-0.39, 0.29) is 10.6 Å². The smallest absolute Gasteiger partial charge is 0.142 e. The van der Waals surface area contributed by atoms with E-state index in [1.807, 2.05) is 6.92 Å². The van der Waals surface area contributed by atoms with E-state index >= 15 is 0 Å². The minimum Gasteiger partial charge on any atom is -0.384 e. The Bertz CT molecular complexity index is 619. The molecule has 106 valence electrons. The van der Waals surface area contributed by atoms with Crippen LogP contribution in [-0.2, 0) is 0 Å². The molecular weight excluding hydrogens is 417 g/mol. The predicted octanol–water partition coefficient (Wildman–Crippen LogP) is 5.53. The highest BCUT2D eigenvalue weighted by atomic mass is 79.9. The van der Waals surface area contributed by atoms with Crippen molar-refractivity contribution in [3.63, 3.8) is 0 Å². The van der Waals surface area contributed by atoms with Gasteiger partial charge in [-0.3, -0.25) is 0 Å². The molecule has 2 aromatic rings. The van der Waals surface area contributed by atoms with Crippen LogP contribution < -0.4 is 0 Å². The zero-order valence-electron chi connectivity index (χ0n) is 10.2. The third-order valence-electron chi connectivity index (χ3n) is 2.91. The average Bonchev–Trinajstić information content (AvgIpc) is 2.37. The average molecular weight is 426 g/mol. The van der Waals surface area contributed by atoms with Gasteiger partial charge in [0.2, 0.25) is 0 Å². The van der Waals surface area contributed by atoms with Gasteiger partial charge in [-0.1, -0.05) is 43.5 Å². The molecular formula is C14H9Br2ClF2O. The predicted molar refractivity (Wildman–Crippen MR) is 82.0 cm³/mol. The van der Waals surface area contributed by atoms with Gasteiger partial charge in [-0.2, -0.15) is 0 Å². The molecule has 0 spiro atoms. The summed E-state index contributed by atoms with van der Waals surface area (Å²) >= 11 is 12.2. The molecule has 0 saturated heterocycles. The maximum atomic E-state index is 13.8.